The third kappa shape index (κ3) is 6.96. The molecule has 1 atom stereocenters. The van der Waals surface area contributed by atoms with Crippen LogP contribution in [0, 0.1) is 0 Å². The number of hydrogen-bond donors (Lipinski definition) is 3. The topological polar surface area (TPSA) is 79.9 Å². The number of ether oxygens (including phenoxy) is 1. The van der Waals surface area contributed by atoms with Crippen molar-refractivity contribution in [3.8, 4) is 0 Å². The molecule has 8 heteroatoms. The maximum Gasteiger partial charge on any atom is 0.411 e. The van der Waals surface area contributed by atoms with Gasteiger partial charge in [-0.15, -0.1) is 0 Å². The van der Waals surface area contributed by atoms with Gasteiger partial charge in [-0.05, 0) is 5.56 Å². The Balaban J connectivity index is 2.39. The maximum absolute atomic E-state index is 11.9. The second kappa shape index (κ2) is 8.48. The van der Waals surface area contributed by atoms with E-state index in [9.17, 15) is 13.2 Å². The van der Waals surface area contributed by atoms with Crippen molar-refractivity contribution < 1.29 is 23.1 Å². The van der Waals surface area contributed by atoms with Gasteiger partial charge in [0.2, 0.25) is 0 Å². The van der Waals surface area contributed by atoms with Gasteiger partial charge in [0.1, 0.15) is 12.4 Å². The van der Waals surface area contributed by atoms with Crippen LogP contribution in [0.2, 0.25) is 0 Å². The molecule has 0 aliphatic carbocycles. The van der Waals surface area contributed by atoms with Gasteiger partial charge in [0, 0.05) is 13.1 Å². The monoisotopic (exact) mass is 305 g/mol. The Labute approximate surface area is 120 Å². The number of amidine groups is 1. The zero-order valence-corrected chi connectivity index (χ0v) is 11.3. The Morgan fingerprint density at radius 1 is 1.33 bits per heavy atom. The summed E-state index contributed by atoms with van der Waals surface area (Å²) in [5, 5.41) is 14.7. The van der Waals surface area contributed by atoms with E-state index in [2.05, 4.69) is 15.2 Å². The number of nitrogens with two attached hydrogens (primary N) is 1. The van der Waals surface area contributed by atoms with E-state index in [4.69, 9.17) is 10.9 Å². The Morgan fingerprint density at radius 2 is 2.00 bits per heavy atom. The van der Waals surface area contributed by atoms with Gasteiger partial charge in [0.15, 0.2) is 0 Å². The van der Waals surface area contributed by atoms with Crippen LogP contribution in [0.3, 0.4) is 0 Å². The molecular formula is C13H18F3N3O2. The number of nitrogens with zero attached hydrogens (tertiary/aromatic N) is 1. The van der Waals surface area contributed by atoms with E-state index in [1.54, 1.807) is 0 Å². The lowest BCUT2D eigenvalue weighted by molar-refractivity contribution is -0.173. The fourth-order valence-corrected chi connectivity index (χ4v) is 1.73. The number of rotatable bonds is 8. The molecule has 0 radical (unpaired) electrons. The highest BCUT2D eigenvalue weighted by atomic mass is 19.4. The largest absolute Gasteiger partial charge is 0.411 e. The Kier molecular flexibility index (Phi) is 6.97. The molecule has 0 saturated heterocycles. The van der Waals surface area contributed by atoms with Gasteiger partial charge in [-0.3, -0.25) is 0 Å². The van der Waals surface area contributed by atoms with E-state index in [1.807, 2.05) is 30.3 Å². The van der Waals surface area contributed by atoms with Crippen LogP contribution < -0.4 is 11.1 Å². The minimum atomic E-state index is -4.32. The Morgan fingerprint density at radius 3 is 2.57 bits per heavy atom. The number of oxime groups is 1. The Bertz CT molecular complexity index is 438. The van der Waals surface area contributed by atoms with Crippen molar-refractivity contribution in [1.29, 1.82) is 0 Å². The molecule has 0 aliphatic rings. The number of alkyl halides is 3. The SMILES string of the molecule is NC(=NO)C(CNCCOCC(F)(F)F)c1ccccc1. The van der Waals surface area contributed by atoms with Gasteiger partial charge in [0.25, 0.3) is 0 Å². The first-order valence-corrected chi connectivity index (χ1v) is 6.31. The Hall–Kier alpha value is -1.80. The van der Waals surface area contributed by atoms with Crippen LogP contribution in [0.15, 0.2) is 35.5 Å². The lowest BCUT2D eigenvalue weighted by Gasteiger charge is -2.17. The lowest BCUT2D eigenvalue weighted by atomic mass is 9.98. The summed E-state index contributed by atoms with van der Waals surface area (Å²) in [5.41, 5.74) is 6.47. The highest BCUT2D eigenvalue weighted by molar-refractivity contribution is 5.87. The molecule has 0 saturated carbocycles. The van der Waals surface area contributed by atoms with Gasteiger partial charge in [-0.25, -0.2) is 0 Å². The van der Waals surface area contributed by atoms with Crippen molar-refractivity contribution in [2.24, 2.45) is 10.9 Å². The third-order valence-electron chi connectivity index (χ3n) is 2.71. The molecule has 0 aliphatic heterocycles. The predicted molar refractivity (Wildman–Crippen MR) is 72.3 cm³/mol. The van der Waals surface area contributed by atoms with Crippen LogP contribution in [0.4, 0.5) is 13.2 Å². The van der Waals surface area contributed by atoms with E-state index in [1.165, 1.54) is 0 Å². The quantitative estimate of drug-likeness (QED) is 0.224. The van der Waals surface area contributed by atoms with E-state index in [-0.39, 0.29) is 24.9 Å². The molecule has 21 heavy (non-hydrogen) atoms. The minimum absolute atomic E-state index is 0.0323. The fraction of sp³-hybridized carbons (Fsp3) is 0.462. The van der Waals surface area contributed by atoms with Crippen molar-refractivity contribution in [3.63, 3.8) is 0 Å². The van der Waals surface area contributed by atoms with Crippen molar-refractivity contribution in [1.82, 2.24) is 5.32 Å². The molecule has 1 rings (SSSR count). The number of nitrogens with one attached hydrogen (secondary N) is 1. The van der Waals surface area contributed by atoms with Crippen molar-refractivity contribution in [2.75, 3.05) is 26.3 Å². The first-order valence-electron chi connectivity index (χ1n) is 6.31. The molecule has 1 unspecified atom stereocenters. The van der Waals surface area contributed by atoms with E-state index < -0.39 is 12.8 Å². The normalized spacial score (nSPS) is 14.1. The van der Waals surface area contributed by atoms with Crippen molar-refractivity contribution >= 4 is 5.84 Å². The molecule has 4 N–H and O–H groups in total. The first-order chi connectivity index (χ1) is 9.94. The zero-order valence-electron chi connectivity index (χ0n) is 11.3. The number of benzene rings is 1. The van der Waals surface area contributed by atoms with Crippen LogP contribution in [0.25, 0.3) is 0 Å². The molecule has 0 bridgehead atoms. The average Bonchev–Trinajstić information content (AvgIpc) is 2.45. The average molecular weight is 305 g/mol. The highest BCUT2D eigenvalue weighted by Crippen LogP contribution is 2.15. The van der Waals surface area contributed by atoms with Gasteiger partial charge < -0.3 is 21.0 Å². The summed E-state index contributed by atoms with van der Waals surface area (Å²) in [4.78, 5) is 0. The lowest BCUT2D eigenvalue weighted by Crippen LogP contribution is -2.33. The van der Waals surface area contributed by atoms with E-state index in [0.29, 0.717) is 6.54 Å². The molecule has 1 aromatic carbocycles. The summed E-state index contributed by atoms with van der Waals surface area (Å²) < 4.78 is 40.1. The highest BCUT2D eigenvalue weighted by Gasteiger charge is 2.27. The molecule has 1 aromatic rings. The van der Waals surface area contributed by atoms with Crippen LogP contribution in [-0.2, 0) is 4.74 Å². The molecule has 0 spiro atoms. The fourth-order valence-electron chi connectivity index (χ4n) is 1.73. The third-order valence-corrected chi connectivity index (χ3v) is 2.71. The van der Waals surface area contributed by atoms with Gasteiger partial charge in [-0.1, -0.05) is 35.5 Å². The summed E-state index contributed by atoms with van der Waals surface area (Å²) in [5.74, 6) is -0.330. The molecule has 0 aromatic heterocycles. The van der Waals surface area contributed by atoms with Gasteiger partial charge in [-0.2, -0.15) is 13.2 Å². The van der Waals surface area contributed by atoms with Crippen LogP contribution >= 0.6 is 0 Å². The second-order valence-corrected chi connectivity index (χ2v) is 4.36. The molecular weight excluding hydrogens is 287 g/mol. The van der Waals surface area contributed by atoms with Crippen LogP contribution in [0.1, 0.15) is 11.5 Å². The summed E-state index contributed by atoms with van der Waals surface area (Å²) in [6.45, 7) is -0.776. The molecule has 0 fully saturated rings. The molecule has 5 nitrogen and oxygen atoms in total. The summed E-state index contributed by atoms with van der Waals surface area (Å²) in [6, 6.07) is 9.12. The predicted octanol–water partition coefficient (Wildman–Crippen LogP) is 1.69. The van der Waals surface area contributed by atoms with Crippen molar-refractivity contribution in [3.05, 3.63) is 35.9 Å². The summed E-state index contributed by atoms with van der Waals surface area (Å²) in [7, 11) is 0. The van der Waals surface area contributed by atoms with Gasteiger partial charge in [0.05, 0.1) is 12.5 Å². The molecule has 0 amide bonds. The van der Waals surface area contributed by atoms with Crippen LogP contribution in [-0.4, -0.2) is 43.5 Å². The van der Waals surface area contributed by atoms with Crippen molar-refractivity contribution in [2.45, 2.75) is 12.1 Å². The minimum Gasteiger partial charge on any atom is -0.409 e. The second-order valence-electron chi connectivity index (χ2n) is 4.36. The molecule has 118 valence electrons. The summed E-state index contributed by atoms with van der Waals surface area (Å²) >= 11 is 0. The van der Waals surface area contributed by atoms with Gasteiger partial charge >= 0.3 is 6.18 Å². The zero-order chi connectivity index (χ0) is 15.7. The maximum atomic E-state index is 11.9. The smallest absolute Gasteiger partial charge is 0.409 e. The number of hydrogen-bond acceptors (Lipinski definition) is 4. The van der Waals surface area contributed by atoms with E-state index >= 15 is 0 Å². The summed E-state index contributed by atoms with van der Waals surface area (Å²) in [6.07, 6.45) is -4.32. The van der Waals surface area contributed by atoms with Crippen LogP contribution in [0.5, 0.6) is 0 Å². The first kappa shape index (κ1) is 17.3. The standard InChI is InChI=1S/C13H18F3N3O2/c14-13(15,16)9-21-7-6-18-8-11(12(17)19-20)10-4-2-1-3-5-10/h1-5,11,18,20H,6-9H2,(H2,17,19). The number of halogens is 3. The molecule has 0 heterocycles. The van der Waals surface area contributed by atoms with E-state index in [0.717, 1.165) is 5.56 Å².